The van der Waals surface area contributed by atoms with Gasteiger partial charge in [-0.15, -0.1) is 0 Å². The Morgan fingerprint density at radius 3 is 3.00 bits per heavy atom. The molecule has 1 fully saturated rings. The summed E-state index contributed by atoms with van der Waals surface area (Å²) >= 11 is 6.22. The number of halogens is 1. The summed E-state index contributed by atoms with van der Waals surface area (Å²) in [4.78, 5) is 4.15. The Labute approximate surface area is 120 Å². The van der Waals surface area contributed by atoms with Crippen LogP contribution in [0.4, 0.5) is 0 Å². The Balaban J connectivity index is 1.79. The number of benzene rings is 1. The minimum Gasteiger partial charge on any atom is -0.486 e. The van der Waals surface area contributed by atoms with Crippen molar-refractivity contribution in [1.82, 2.24) is 10.1 Å². The molecule has 1 aromatic heterocycles. The minimum absolute atomic E-state index is 0.0624. The topological polar surface area (TPSA) is 83.4 Å². The smallest absolute Gasteiger partial charge is 0.240 e. The van der Waals surface area contributed by atoms with E-state index in [1.807, 2.05) is 6.07 Å². The van der Waals surface area contributed by atoms with Gasteiger partial charge in [0.1, 0.15) is 11.9 Å². The van der Waals surface area contributed by atoms with Crippen LogP contribution < -0.4 is 10.5 Å². The number of hydrogen-bond donors (Lipinski definition) is 1. The Morgan fingerprint density at radius 1 is 1.45 bits per heavy atom. The predicted molar refractivity (Wildman–Crippen MR) is 72.5 cm³/mol. The van der Waals surface area contributed by atoms with Crippen LogP contribution >= 0.6 is 11.6 Å². The number of nitrogens with zero attached hydrogens (tertiary/aromatic N) is 2. The third-order valence-electron chi connectivity index (χ3n) is 3.01. The molecular weight excluding hydrogens is 282 g/mol. The van der Waals surface area contributed by atoms with E-state index < -0.39 is 0 Å². The van der Waals surface area contributed by atoms with Crippen molar-refractivity contribution in [2.75, 3.05) is 13.2 Å². The molecule has 1 aromatic carbocycles. The molecule has 0 radical (unpaired) electrons. The Morgan fingerprint density at radius 2 is 2.35 bits per heavy atom. The van der Waals surface area contributed by atoms with Crippen LogP contribution in [0.5, 0.6) is 5.75 Å². The van der Waals surface area contributed by atoms with Gasteiger partial charge in [0.15, 0.2) is 0 Å². The van der Waals surface area contributed by atoms with E-state index in [0.29, 0.717) is 29.1 Å². The molecule has 0 spiro atoms. The first-order valence-electron chi connectivity index (χ1n) is 6.33. The molecule has 1 saturated heterocycles. The van der Waals surface area contributed by atoms with Gasteiger partial charge in [-0.05, 0) is 18.2 Å². The first-order valence-corrected chi connectivity index (χ1v) is 6.71. The van der Waals surface area contributed by atoms with Crippen LogP contribution in [0.3, 0.4) is 0 Å². The van der Waals surface area contributed by atoms with Crippen molar-refractivity contribution in [1.29, 1.82) is 0 Å². The second-order valence-electron chi connectivity index (χ2n) is 4.46. The highest BCUT2D eigenvalue weighted by molar-refractivity contribution is 6.32. The second kappa shape index (κ2) is 5.78. The SMILES string of the molecule is NCc1nc(-c2ccc(OC3CCOC3)c(Cl)c2)no1. The molecule has 1 unspecified atom stereocenters. The summed E-state index contributed by atoms with van der Waals surface area (Å²) in [6, 6.07) is 5.38. The summed E-state index contributed by atoms with van der Waals surface area (Å²) in [6.07, 6.45) is 0.940. The summed E-state index contributed by atoms with van der Waals surface area (Å²) in [6.45, 7) is 1.54. The van der Waals surface area contributed by atoms with E-state index in [4.69, 9.17) is 31.3 Å². The predicted octanol–water partition coefficient (Wildman–Crippen LogP) is 2.02. The molecule has 7 heteroatoms. The zero-order valence-electron chi connectivity index (χ0n) is 10.7. The molecule has 106 valence electrons. The maximum Gasteiger partial charge on any atom is 0.240 e. The standard InChI is InChI=1S/C13H14ClN3O3/c14-10-5-8(13-16-12(6-15)20-17-13)1-2-11(10)19-9-3-4-18-7-9/h1-2,5,9H,3-4,6-7,15H2. The van der Waals surface area contributed by atoms with Gasteiger partial charge >= 0.3 is 0 Å². The third kappa shape index (κ3) is 2.77. The van der Waals surface area contributed by atoms with Gasteiger partial charge in [-0.1, -0.05) is 16.8 Å². The lowest BCUT2D eigenvalue weighted by molar-refractivity contribution is 0.141. The number of nitrogens with two attached hydrogens (primary N) is 1. The summed E-state index contributed by atoms with van der Waals surface area (Å²) in [7, 11) is 0. The lowest BCUT2D eigenvalue weighted by Crippen LogP contribution is -2.15. The van der Waals surface area contributed by atoms with E-state index in [1.165, 1.54) is 0 Å². The summed E-state index contributed by atoms with van der Waals surface area (Å²) in [5, 5.41) is 4.35. The Kier molecular flexibility index (Phi) is 3.86. The van der Waals surface area contributed by atoms with E-state index in [9.17, 15) is 0 Å². The van der Waals surface area contributed by atoms with Gasteiger partial charge in [0.2, 0.25) is 11.7 Å². The average Bonchev–Trinajstić information content (AvgIpc) is 3.12. The van der Waals surface area contributed by atoms with E-state index in [2.05, 4.69) is 10.1 Å². The van der Waals surface area contributed by atoms with Crippen molar-refractivity contribution in [3.05, 3.63) is 29.1 Å². The number of hydrogen-bond acceptors (Lipinski definition) is 6. The molecule has 0 amide bonds. The van der Waals surface area contributed by atoms with Gasteiger partial charge in [0.25, 0.3) is 0 Å². The lowest BCUT2D eigenvalue weighted by atomic mass is 10.2. The van der Waals surface area contributed by atoms with Crippen LogP contribution in [0.2, 0.25) is 5.02 Å². The summed E-state index contributed by atoms with van der Waals surface area (Å²) in [5.74, 6) is 1.48. The first-order chi connectivity index (χ1) is 9.76. The van der Waals surface area contributed by atoms with Crippen LogP contribution in [0.25, 0.3) is 11.4 Å². The van der Waals surface area contributed by atoms with Crippen LogP contribution in [0.15, 0.2) is 22.7 Å². The summed E-state index contributed by atoms with van der Waals surface area (Å²) in [5.41, 5.74) is 6.19. The van der Waals surface area contributed by atoms with Gasteiger partial charge in [0, 0.05) is 12.0 Å². The molecular formula is C13H14ClN3O3. The minimum atomic E-state index is 0.0624. The van der Waals surface area contributed by atoms with Crippen LogP contribution in [-0.2, 0) is 11.3 Å². The number of rotatable bonds is 4. The molecule has 0 aliphatic carbocycles. The van der Waals surface area contributed by atoms with E-state index in [0.717, 1.165) is 18.6 Å². The van der Waals surface area contributed by atoms with Crippen LogP contribution in [0, 0.1) is 0 Å². The molecule has 2 aromatic rings. The molecule has 6 nitrogen and oxygen atoms in total. The molecule has 2 heterocycles. The van der Waals surface area contributed by atoms with Crippen LogP contribution in [-0.4, -0.2) is 29.5 Å². The van der Waals surface area contributed by atoms with Crippen LogP contribution in [0.1, 0.15) is 12.3 Å². The number of ether oxygens (including phenoxy) is 2. The molecule has 1 atom stereocenters. The second-order valence-corrected chi connectivity index (χ2v) is 4.87. The highest BCUT2D eigenvalue weighted by Crippen LogP contribution is 2.30. The zero-order valence-corrected chi connectivity index (χ0v) is 11.5. The van der Waals surface area contributed by atoms with Gasteiger partial charge in [-0.25, -0.2) is 0 Å². The Bertz CT molecular complexity index is 596. The van der Waals surface area contributed by atoms with Gasteiger partial charge < -0.3 is 19.7 Å². The largest absolute Gasteiger partial charge is 0.486 e. The van der Waals surface area contributed by atoms with Gasteiger partial charge in [-0.3, -0.25) is 0 Å². The lowest BCUT2D eigenvalue weighted by Gasteiger charge is -2.13. The first kappa shape index (κ1) is 13.4. The maximum atomic E-state index is 6.22. The molecule has 1 aliphatic heterocycles. The molecule has 0 saturated carbocycles. The molecule has 0 bridgehead atoms. The van der Waals surface area contributed by atoms with Crippen molar-refractivity contribution < 1.29 is 14.0 Å². The fraction of sp³-hybridized carbons (Fsp3) is 0.385. The van der Waals surface area contributed by atoms with E-state index >= 15 is 0 Å². The van der Waals surface area contributed by atoms with Crippen molar-refractivity contribution in [2.24, 2.45) is 5.73 Å². The van der Waals surface area contributed by atoms with Crippen molar-refractivity contribution in [3.63, 3.8) is 0 Å². The fourth-order valence-electron chi connectivity index (χ4n) is 1.98. The van der Waals surface area contributed by atoms with E-state index in [-0.39, 0.29) is 12.6 Å². The quantitative estimate of drug-likeness (QED) is 0.929. The maximum absolute atomic E-state index is 6.22. The molecule has 3 rings (SSSR count). The normalized spacial score (nSPS) is 18.4. The average molecular weight is 296 g/mol. The van der Waals surface area contributed by atoms with Crippen molar-refractivity contribution in [2.45, 2.75) is 19.1 Å². The summed E-state index contributed by atoms with van der Waals surface area (Å²) < 4.78 is 16.0. The number of aromatic nitrogens is 2. The van der Waals surface area contributed by atoms with Gasteiger partial charge in [-0.2, -0.15) is 4.98 Å². The van der Waals surface area contributed by atoms with E-state index in [1.54, 1.807) is 12.1 Å². The Hall–Kier alpha value is -1.63. The molecule has 20 heavy (non-hydrogen) atoms. The third-order valence-corrected chi connectivity index (χ3v) is 3.31. The highest BCUT2D eigenvalue weighted by Gasteiger charge is 2.19. The van der Waals surface area contributed by atoms with Gasteiger partial charge in [0.05, 0.1) is 24.8 Å². The zero-order chi connectivity index (χ0) is 13.9. The highest BCUT2D eigenvalue weighted by atomic mass is 35.5. The molecule has 2 N–H and O–H groups in total. The van der Waals surface area contributed by atoms with Crippen molar-refractivity contribution in [3.8, 4) is 17.1 Å². The fourth-order valence-corrected chi connectivity index (χ4v) is 2.20. The monoisotopic (exact) mass is 295 g/mol. The van der Waals surface area contributed by atoms with Crippen molar-refractivity contribution >= 4 is 11.6 Å². The molecule has 1 aliphatic rings.